The summed E-state index contributed by atoms with van der Waals surface area (Å²) in [5, 5.41) is 11.3. The van der Waals surface area contributed by atoms with Crippen LogP contribution in [0.2, 0.25) is 0 Å². The first kappa shape index (κ1) is 15.5. The number of halogens is 1. The molecule has 22 heavy (non-hydrogen) atoms. The van der Waals surface area contributed by atoms with Crippen molar-refractivity contribution in [2.75, 3.05) is 0 Å². The maximum atomic E-state index is 13.5. The van der Waals surface area contributed by atoms with Gasteiger partial charge in [0, 0.05) is 6.42 Å². The van der Waals surface area contributed by atoms with Crippen LogP contribution in [0.3, 0.4) is 0 Å². The molecular formula is C17H16FN3O. The Morgan fingerprint density at radius 2 is 2.00 bits per heavy atom. The number of nitrogens with two attached hydrogens (primary N) is 1. The van der Waals surface area contributed by atoms with Crippen LogP contribution in [0.25, 0.3) is 0 Å². The molecule has 112 valence electrons. The second-order valence-corrected chi connectivity index (χ2v) is 4.65. The van der Waals surface area contributed by atoms with Gasteiger partial charge in [-0.05, 0) is 36.5 Å². The van der Waals surface area contributed by atoms with Crippen molar-refractivity contribution in [2.24, 2.45) is 10.9 Å². The number of hydrogen-bond acceptors (Lipinski definition) is 3. The van der Waals surface area contributed by atoms with Crippen LogP contribution < -0.4 is 5.73 Å². The number of benzene rings is 1. The molecule has 0 saturated heterocycles. The van der Waals surface area contributed by atoms with Gasteiger partial charge in [-0.25, -0.2) is 9.37 Å². The van der Waals surface area contributed by atoms with Crippen molar-refractivity contribution in [3.63, 3.8) is 0 Å². The minimum atomic E-state index is -0.648. The number of hydrogen-bond donors (Lipinski definition) is 2. The summed E-state index contributed by atoms with van der Waals surface area (Å²) in [6.07, 6.45) is 2.61. The average Bonchev–Trinajstić information content (AvgIpc) is 2.56. The van der Waals surface area contributed by atoms with Crippen LogP contribution in [0.5, 0.6) is 0 Å². The van der Waals surface area contributed by atoms with Crippen molar-refractivity contribution in [1.82, 2.24) is 4.98 Å². The highest BCUT2D eigenvalue weighted by molar-refractivity contribution is 5.95. The van der Waals surface area contributed by atoms with E-state index in [0.29, 0.717) is 12.1 Å². The molecule has 3 N–H and O–H groups in total. The van der Waals surface area contributed by atoms with Gasteiger partial charge in [-0.3, -0.25) is 0 Å². The minimum Gasteiger partial charge on any atom is -0.409 e. The molecule has 1 aromatic heterocycles. The van der Waals surface area contributed by atoms with Crippen LogP contribution in [-0.4, -0.2) is 16.0 Å². The van der Waals surface area contributed by atoms with Gasteiger partial charge in [-0.2, -0.15) is 0 Å². The summed E-state index contributed by atoms with van der Waals surface area (Å²) in [6.45, 7) is 0. The van der Waals surface area contributed by atoms with Gasteiger partial charge >= 0.3 is 0 Å². The van der Waals surface area contributed by atoms with E-state index in [-0.39, 0.29) is 11.5 Å². The minimum absolute atomic E-state index is 0.196. The van der Waals surface area contributed by atoms with Crippen molar-refractivity contribution < 1.29 is 9.60 Å². The van der Waals surface area contributed by atoms with E-state index in [1.54, 1.807) is 0 Å². The molecule has 2 rings (SSSR count). The first-order valence-corrected chi connectivity index (χ1v) is 6.88. The molecule has 0 saturated carbocycles. The fourth-order valence-corrected chi connectivity index (χ4v) is 1.92. The van der Waals surface area contributed by atoms with E-state index in [1.165, 1.54) is 17.7 Å². The molecule has 2 aromatic rings. The fourth-order valence-electron chi connectivity index (χ4n) is 1.92. The van der Waals surface area contributed by atoms with E-state index in [9.17, 15) is 4.39 Å². The Morgan fingerprint density at radius 1 is 1.23 bits per heavy atom. The second-order valence-electron chi connectivity index (χ2n) is 4.65. The zero-order valence-electron chi connectivity index (χ0n) is 12.0. The number of rotatable bonds is 4. The summed E-state index contributed by atoms with van der Waals surface area (Å²) in [7, 11) is 0. The van der Waals surface area contributed by atoms with Gasteiger partial charge in [0.2, 0.25) is 0 Å². The summed E-state index contributed by atoms with van der Waals surface area (Å²) < 4.78 is 13.5. The highest BCUT2D eigenvalue weighted by Crippen LogP contribution is 2.06. The lowest BCUT2D eigenvalue weighted by molar-refractivity contribution is 0.318. The van der Waals surface area contributed by atoms with E-state index in [4.69, 9.17) is 10.9 Å². The van der Waals surface area contributed by atoms with Crippen molar-refractivity contribution in [3.8, 4) is 11.8 Å². The third-order valence-electron chi connectivity index (χ3n) is 3.02. The quantitative estimate of drug-likeness (QED) is 0.228. The SMILES string of the molecule is N/C(=N\O)c1nc(C#CCCCc2ccccc2)ccc1F. The maximum Gasteiger partial charge on any atom is 0.191 e. The molecule has 0 aliphatic heterocycles. The van der Waals surface area contributed by atoms with Crippen molar-refractivity contribution in [1.29, 1.82) is 0 Å². The lowest BCUT2D eigenvalue weighted by atomic mass is 10.1. The van der Waals surface area contributed by atoms with Gasteiger partial charge in [-0.1, -0.05) is 41.4 Å². The van der Waals surface area contributed by atoms with Gasteiger partial charge < -0.3 is 10.9 Å². The van der Waals surface area contributed by atoms with Crippen LogP contribution in [0.15, 0.2) is 47.6 Å². The van der Waals surface area contributed by atoms with Crippen molar-refractivity contribution >= 4 is 5.84 Å². The van der Waals surface area contributed by atoms with Crippen LogP contribution in [0, 0.1) is 17.7 Å². The van der Waals surface area contributed by atoms with Gasteiger partial charge in [0.05, 0.1) is 0 Å². The molecule has 1 aromatic carbocycles. The predicted molar refractivity (Wildman–Crippen MR) is 83.0 cm³/mol. The highest BCUT2D eigenvalue weighted by atomic mass is 19.1. The molecule has 0 aliphatic carbocycles. The molecule has 1 heterocycles. The van der Waals surface area contributed by atoms with Gasteiger partial charge in [-0.15, -0.1) is 0 Å². The number of amidine groups is 1. The Labute approximate surface area is 128 Å². The Morgan fingerprint density at radius 3 is 2.73 bits per heavy atom. The molecule has 0 bridgehead atoms. The highest BCUT2D eigenvalue weighted by Gasteiger charge is 2.09. The van der Waals surface area contributed by atoms with Crippen LogP contribution in [-0.2, 0) is 6.42 Å². The summed E-state index contributed by atoms with van der Waals surface area (Å²) >= 11 is 0. The summed E-state index contributed by atoms with van der Waals surface area (Å²) in [6, 6.07) is 12.8. The molecule has 0 fully saturated rings. The molecule has 0 aliphatic rings. The smallest absolute Gasteiger partial charge is 0.191 e. The normalized spacial score (nSPS) is 10.9. The lowest BCUT2D eigenvalue weighted by Crippen LogP contribution is -2.17. The second kappa shape index (κ2) is 7.79. The van der Waals surface area contributed by atoms with E-state index >= 15 is 0 Å². The number of pyridine rings is 1. The average molecular weight is 297 g/mol. The molecule has 0 radical (unpaired) electrons. The molecular weight excluding hydrogens is 281 g/mol. The molecule has 0 atom stereocenters. The first-order chi connectivity index (χ1) is 10.7. The fraction of sp³-hybridized carbons (Fsp3) is 0.176. The zero-order valence-corrected chi connectivity index (χ0v) is 12.0. The number of oxime groups is 1. The monoisotopic (exact) mass is 297 g/mol. The molecule has 0 spiro atoms. The number of aromatic nitrogens is 1. The summed E-state index contributed by atoms with van der Waals surface area (Å²) in [5.74, 6) is 4.84. The van der Waals surface area contributed by atoms with Crippen LogP contribution in [0.4, 0.5) is 4.39 Å². The van der Waals surface area contributed by atoms with E-state index in [1.807, 2.05) is 18.2 Å². The lowest BCUT2D eigenvalue weighted by Gasteiger charge is -2.00. The standard InChI is InChI=1S/C17H16FN3O/c18-15-12-11-14(20-16(15)17(19)21-22)10-6-2-5-9-13-7-3-1-4-8-13/h1,3-4,7-8,11-12,22H,2,5,9H2,(H2,19,21). The third-order valence-corrected chi connectivity index (χ3v) is 3.02. The topological polar surface area (TPSA) is 71.5 Å². The predicted octanol–water partition coefficient (Wildman–Crippen LogP) is 2.69. The van der Waals surface area contributed by atoms with E-state index in [2.05, 4.69) is 34.1 Å². The summed E-state index contributed by atoms with van der Waals surface area (Å²) in [4.78, 5) is 3.93. The van der Waals surface area contributed by atoms with Crippen LogP contribution in [0.1, 0.15) is 29.8 Å². The van der Waals surface area contributed by atoms with E-state index in [0.717, 1.165) is 12.8 Å². The van der Waals surface area contributed by atoms with Crippen LogP contribution >= 0.6 is 0 Å². The number of aryl methyl sites for hydroxylation is 1. The number of nitrogens with zero attached hydrogens (tertiary/aromatic N) is 2. The van der Waals surface area contributed by atoms with Crippen molar-refractivity contribution in [2.45, 2.75) is 19.3 Å². The van der Waals surface area contributed by atoms with Gasteiger partial charge in [0.25, 0.3) is 0 Å². The third kappa shape index (κ3) is 4.32. The Kier molecular flexibility index (Phi) is 5.50. The maximum absolute atomic E-state index is 13.5. The largest absolute Gasteiger partial charge is 0.409 e. The molecule has 5 heteroatoms. The number of unbranched alkanes of at least 4 members (excludes halogenated alkanes) is 1. The first-order valence-electron chi connectivity index (χ1n) is 6.88. The van der Waals surface area contributed by atoms with Gasteiger partial charge in [0.1, 0.15) is 11.4 Å². The molecule has 0 unspecified atom stereocenters. The molecule has 0 amide bonds. The Hall–Kier alpha value is -2.87. The van der Waals surface area contributed by atoms with E-state index < -0.39 is 5.82 Å². The van der Waals surface area contributed by atoms with Gasteiger partial charge in [0.15, 0.2) is 11.7 Å². The zero-order chi connectivity index (χ0) is 15.8. The Balaban J connectivity index is 1.94. The molecule has 4 nitrogen and oxygen atoms in total. The Bertz CT molecular complexity index is 718. The summed E-state index contributed by atoms with van der Waals surface area (Å²) in [5.41, 5.74) is 6.83. The van der Waals surface area contributed by atoms with Crippen molar-refractivity contribution in [3.05, 3.63) is 65.2 Å².